The first-order valence-electron chi connectivity index (χ1n) is 10.4. The molecule has 0 heterocycles. The van der Waals surface area contributed by atoms with Gasteiger partial charge in [0.05, 0.1) is 0 Å². The van der Waals surface area contributed by atoms with Crippen molar-refractivity contribution in [3.8, 4) is 11.5 Å². The van der Waals surface area contributed by atoms with Crippen LogP contribution in [0.2, 0.25) is 0 Å². The number of hydrogen-bond donors (Lipinski definition) is 4. The van der Waals surface area contributed by atoms with Gasteiger partial charge in [-0.25, -0.2) is 10.3 Å². The number of hydrogen-bond acceptors (Lipinski definition) is 5. The minimum atomic E-state index is -0.891. The molecule has 30 heavy (non-hydrogen) atoms. The van der Waals surface area contributed by atoms with Crippen molar-refractivity contribution in [3.05, 3.63) is 47.1 Å². The Morgan fingerprint density at radius 2 is 2.10 bits per heavy atom. The molecule has 2 rings (SSSR count). The van der Waals surface area contributed by atoms with Crippen LogP contribution in [0.5, 0.6) is 11.5 Å². The molecule has 0 saturated heterocycles. The molecule has 0 saturated carbocycles. The number of amides is 2. The van der Waals surface area contributed by atoms with Gasteiger partial charge in [-0.2, -0.15) is 0 Å². The van der Waals surface area contributed by atoms with E-state index in [4.69, 9.17) is 22.2 Å². The molecule has 0 aromatic heterocycles. The number of phenolic OH excluding ortho intramolecular Hbond substituents is 1. The predicted molar refractivity (Wildman–Crippen MR) is 122 cm³/mol. The van der Waals surface area contributed by atoms with Gasteiger partial charge in [0.2, 0.25) is 0 Å². The molecule has 0 unspecified atom stereocenters. The minimum Gasteiger partial charge on any atom is -0.507 e. The van der Waals surface area contributed by atoms with Crippen LogP contribution in [0.15, 0.2) is 35.9 Å². The van der Waals surface area contributed by atoms with Crippen LogP contribution in [0.25, 0.3) is 0 Å². The third kappa shape index (κ3) is 6.31. The Balaban J connectivity index is 2.48. The van der Waals surface area contributed by atoms with E-state index in [1.165, 1.54) is 11.1 Å². The van der Waals surface area contributed by atoms with E-state index in [-0.39, 0.29) is 22.8 Å². The zero-order chi connectivity index (χ0) is 22.3. The monoisotopic (exact) mass is 432 g/mol. The Morgan fingerprint density at radius 1 is 1.37 bits per heavy atom. The van der Waals surface area contributed by atoms with Crippen molar-refractivity contribution < 1.29 is 19.8 Å². The summed E-state index contributed by atoms with van der Waals surface area (Å²) < 4.78 is 5.79. The van der Waals surface area contributed by atoms with E-state index in [1.807, 2.05) is 13.0 Å². The van der Waals surface area contributed by atoms with Crippen molar-refractivity contribution in [2.45, 2.75) is 65.2 Å². The summed E-state index contributed by atoms with van der Waals surface area (Å²) in [4.78, 5) is 11.4. The van der Waals surface area contributed by atoms with Crippen LogP contribution in [0.1, 0.15) is 69.9 Å². The quantitative estimate of drug-likeness (QED) is 0.150. The van der Waals surface area contributed by atoms with Crippen LogP contribution < -0.4 is 15.5 Å². The molecule has 1 aromatic rings. The molecule has 164 valence electrons. The SMILES string of the molecule is C=C(C)[C@@H]1CCC(C)=C[C@H]1c1c(O)cc(CCCCC)cc1OC(=S)NC(=O)NO. The summed E-state index contributed by atoms with van der Waals surface area (Å²) in [6.45, 7) is 10.4. The number of ether oxygens (including phenoxy) is 1. The van der Waals surface area contributed by atoms with Crippen molar-refractivity contribution in [2.24, 2.45) is 5.92 Å². The van der Waals surface area contributed by atoms with E-state index in [0.29, 0.717) is 11.3 Å². The van der Waals surface area contributed by atoms with Gasteiger partial charge in [0.15, 0.2) is 0 Å². The van der Waals surface area contributed by atoms with Gasteiger partial charge >= 0.3 is 6.03 Å². The van der Waals surface area contributed by atoms with Crippen molar-refractivity contribution >= 4 is 23.4 Å². The number of benzene rings is 1. The number of thiocarbonyl (C=S) groups is 1. The number of aromatic hydroxyl groups is 1. The zero-order valence-corrected chi connectivity index (χ0v) is 18.8. The summed E-state index contributed by atoms with van der Waals surface area (Å²) in [5.74, 6) is 0.614. The first-order chi connectivity index (χ1) is 14.3. The smallest absolute Gasteiger partial charge is 0.345 e. The topological polar surface area (TPSA) is 90.8 Å². The fourth-order valence-corrected chi connectivity index (χ4v) is 4.15. The lowest BCUT2D eigenvalue weighted by atomic mass is 9.73. The molecule has 0 aliphatic heterocycles. The number of carbonyl (C=O) groups is 1. The number of urea groups is 1. The molecule has 1 aliphatic rings. The molecule has 6 nitrogen and oxygen atoms in total. The van der Waals surface area contributed by atoms with Crippen molar-refractivity contribution in [3.63, 3.8) is 0 Å². The molecule has 0 spiro atoms. The van der Waals surface area contributed by atoms with Gasteiger partial charge in [-0.15, -0.1) is 0 Å². The molecule has 2 amide bonds. The molecule has 0 bridgehead atoms. The maximum Gasteiger partial charge on any atom is 0.345 e. The van der Waals surface area contributed by atoms with Crippen LogP contribution in [-0.4, -0.2) is 21.5 Å². The maximum atomic E-state index is 11.4. The summed E-state index contributed by atoms with van der Waals surface area (Å²) in [6, 6.07) is 2.78. The molecule has 0 radical (unpaired) electrons. The third-order valence-electron chi connectivity index (χ3n) is 5.48. The van der Waals surface area contributed by atoms with E-state index in [2.05, 4.69) is 31.8 Å². The first-order valence-corrected chi connectivity index (χ1v) is 10.8. The lowest BCUT2D eigenvalue weighted by Crippen LogP contribution is -2.39. The van der Waals surface area contributed by atoms with E-state index in [9.17, 15) is 9.90 Å². The van der Waals surface area contributed by atoms with Crippen LogP contribution in [0.4, 0.5) is 4.79 Å². The summed E-state index contributed by atoms with van der Waals surface area (Å²) in [7, 11) is 0. The highest BCUT2D eigenvalue weighted by Crippen LogP contribution is 2.47. The molecule has 4 N–H and O–H groups in total. The highest BCUT2D eigenvalue weighted by atomic mass is 32.1. The minimum absolute atomic E-state index is 0.106. The number of carbonyl (C=O) groups excluding carboxylic acids is 1. The van der Waals surface area contributed by atoms with Gasteiger partial charge in [-0.3, -0.25) is 10.5 Å². The Kier molecular flexibility index (Phi) is 8.87. The molecule has 1 aromatic carbocycles. The predicted octanol–water partition coefficient (Wildman–Crippen LogP) is 5.49. The third-order valence-corrected chi connectivity index (χ3v) is 5.67. The normalized spacial score (nSPS) is 18.3. The number of aryl methyl sites for hydroxylation is 1. The fraction of sp³-hybridized carbons (Fsp3) is 0.478. The van der Waals surface area contributed by atoms with Gasteiger partial charge < -0.3 is 9.84 Å². The number of unbranched alkanes of at least 4 members (excludes halogenated alkanes) is 2. The molecule has 1 aliphatic carbocycles. The summed E-state index contributed by atoms with van der Waals surface area (Å²) in [6.07, 6.45) is 8.08. The van der Waals surface area contributed by atoms with Crippen molar-refractivity contribution in [1.82, 2.24) is 10.8 Å². The summed E-state index contributed by atoms with van der Waals surface area (Å²) >= 11 is 5.12. The summed E-state index contributed by atoms with van der Waals surface area (Å²) in [5, 5.41) is 21.7. The second-order valence-electron chi connectivity index (χ2n) is 7.97. The molecule has 2 atom stereocenters. The van der Waals surface area contributed by atoms with Crippen LogP contribution in [0, 0.1) is 5.92 Å². The van der Waals surface area contributed by atoms with E-state index in [1.54, 1.807) is 6.07 Å². The zero-order valence-electron chi connectivity index (χ0n) is 18.0. The van der Waals surface area contributed by atoms with Gasteiger partial charge in [-0.05, 0) is 75.4 Å². The number of rotatable bonds is 7. The molecule has 7 heteroatoms. The molecular weight excluding hydrogens is 400 g/mol. The Hall–Kier alpha value is -2.38. The van der Waals surface area contributed by atoms with E-state index in [0.717, 1.165) is 49.7 Å². The fourth-order valence-electron chi connectivity index (χ4n) is 3.96. The highest BCUT2D eigenvalue weighted by molar-refractivity contribution is 7.80. The average Bonchev–Trinajstić information content (AvgIpc) is 2.67. The summed E-state index contributed by atoms with van der Waals surface area (Å²) in [5.41, 5.74) is 5.32. The number of phenols is 1. The van der Waals surface area contributed by atoms with Gasteiger partial charge in [0, 0.05) is 11.5 Å². The van der Waals surface area contributed by atoms with Crippen molar-refractivity contribution in [1.29, 1.82) is 0 Å². The Labute approximate surface area is 184 Å². The lowest BCUT2D eigenvalue weighted by molar-refractivity contribution is 0.164. The second-order valence-corrected chi connectivity index (χ2v) is 8.34. The van der Waals surface area contributed by atoms with E-state index >= 15 is 0 Å². The number of nitrogens with one attached hydrogen (secondary N) is 2. The van der Waals surface area contributed by atoms with Gasteiger partial charge in [0.25, 0.3) is 5.17 Å². The van der Waals surface area contributed by atoms with Crippen LogP contribution >= 0.6 is 12.2 Å². The van der Waals surface area contributed by atoms with Gasteiger partial charge in [0.1, 0.15) is 11.5 Å². The number of allylic oxidation sites excluding steroid dienone is 3. The van der Waals surface area contributed by atoms with Crippen LogP contribution in [0.3, 0.4) is 0 Å². The second kappa shape index (κ2) is 11.1. The maximum absolute atomic E-state index is 11.4. The van der Waals surface area contributed by atoms with Gasteiger partial charge in [-0.1, -0.05) is 43.6 Å². The van der Waals surface area contributed by atoms with E-state index < -0.39 is 6.03 Å². The number of hydroxylamine groups is 1. The molecule has 0 fully saturated rings. The van der Waals surface area contributed by atoms with Crippen LogP contribution in [-0.2, 0) is 6.42 Å². The standard InChI is InChI=1S/C23H32N2O4S/c1-5-6-7-8-16-12-19(26)21(18-11-15(4)9-10-17(18)14(2)3)20(13-16)29-23(30)24-22(27)25-28/h11-13,17-18,26,28H,2,5-10H2,1,3-4H3,(H2,24,25,27,30)/t17-,18+/m0/s1. The molecular formula is C23H32N2O4S. The first kappa shape index (κ1) is 23.9. The Morgan fingerprint density at radius 3 is 2.73 bits per heavy atom. The Bertz CT molecular complexity index is 835. The highest BCUT2D eigenvalue weighted by Gasteiger charge is 2.31. The average molecular weight is 433 g/mol. The largest absolute Gasteiger partial charge is 0.507 e. The van der Waals surface area contributed by atoms with Crippen molar-refractivity contribution in [2.75, 3.05) is 0 Å². The lowest BCUT2D eigenvalue weighted by Gasteiger charge is -2.32.